The molecule has 0 radical (unpaired) electrons. The molecule has 0 heterocycles. The van der Waals surface area contributed by atoms with E-state index in [0.29, 0.717) is 0 Å². The molecule has 0 bridgehead atoms. The number of benzene rings is 1. The third-order valence-electron chi connectivity index (χ3n) is 2.59. The Kier molecular flexibility index (Phi) is 8.75. The van der Waals surface area contributed by atoms with Gasteiger partial charge in [0, 0.05) is 0 Å². The summed E-state index contributed by atoms with van der Waals surface area (Å²) in [5.41, 5.74) is -0.410. The van der Waals surface area contributed by atoms with Gasteiger partial charge >= 0.3 is 18.1 Å². The highest BCUT2D eigenvalue weighted by Gasteiger charge is 2.45. The summed E-state index contributed by atoms with van der Waals surface area (Å²) < 4.78 is 76.9. The first-order valence-electron chi connectivity index (χ1n) is 6.33. The van der Waals surface area contributed by atoms with E-state index in [4.69, 9.17) is 9.29 Å². The van der Waals surface area contributed by atoms with Crippen LogP contribution in [0, 0.1) is 0 Å². The highest BCUT2D eigenvalue weighted by Crippen LogP contribution is 2.36. The van der Waals surface area contributed by atoms with Crippen LogP contribution in [-0.2, 0) is 19.6 Å². The summed E-state index contributed by atoms with van der Waals surface area (Å²) in [5.74, 6) is -4.18. The van der Waals surface area contributed by atoms with Crippen molar-refractivity contribution < 1.29 is 45.2 Å². The van der Waals surface area contributed by atoms with E-state index >= 15 is 0 Å². The van der Waals surface area contributed by atoms with Crippen molar-refractivity contribution in [3.05, 3.63) is 26.6 Å². The van der Waals surface area contributed by atoms with E-state index in [1.165, 1.54) is 0 Å². The molecule has 1 rings (SSSR count). The van der Waals surface area contributed by atoms with Crippen molar-refractivity contribution in [2.45, 2.75) is 16.0 Å². The molecule has 0 aromatic heterocycles. The summed E-state index contributed by atoms with van der Waals surface area (Å²) >= 11 is 11.8. The number of ether oxygens (including phenoxy) is 2. The van der Waals surface area contributed by atoms with Gasteiger partial charge in [-0.3, -0.25) is 4.55 Å². The molecule has 27 heavy (non-hydrogen) atoms. The van der Waals surface area contributed by atoms with Crippen molar-refractivity contribution >= 4 is 85.8 Å². The second-order valence-electron chi connectivity index (χ2n) is 4.67. The number of halogens is 7. The molecule has 152 valence electrons. The lowest BCUT2D eigenvalue weighted by Crippen LogP contribution is -2.39. The molecule has 0 aliphatic heterocycles. The number of esters is 2. The molecule has 0 aliphatic rings. The predicted octanol–water partition coefficient (Wildman–Crippen LogP) is 4.21. The first-order chi connectivity index (χ1) is 12.1. The van der Waals surface area contributed by atoms with E-state index in [9.17, 15) is 31.2 Å². The first kappa shape index (κ1) is 24.8. The summed E-state index contributed by atoms with van der Waals surface area (Å²) in [6.07, 6.45) is -8.30. The highest BCUT2D eigenvalue weighted by atomic mass is 79.9. The largest absolute Gasteiger partial charge is 0.448 e. The van der Waals surface area contributed by atoms with E-state index in [-0.39, 0.29) is 14.7 Å². The Morgan fingerprint density at radius 3 is 2.00 bits per heavy atom. The molecule has 0 spiro atoms. The molecule has 1 atom stereocenters. The highest BCUT2D eigenvalue weighted by molar-refractivity contribution is 9.25. The molecule has 0 aliphatic carbocycles. The number of hydrogen-bond acceptors (Lipinski definition) is 6. The van der Waals surface area contributed by atoms with Crippen molar-refractivity contribution in [2.24, 2.45) is 0 Å². The van der Waals surface area contributed by atoms with E-state index < -0.39 is 49.4 Å². The van der Waals surface area contributed by atoms with Gasteiger partial charge in [-0.2, -0.15) is 21.6 Å². The van der Waals surface area contributed by atoms with Gasteiger partial charge < -0.3 is 9.47 Å². The predicted molar refractivity (Wildman–Crippen MR) is 101 cm³/mol. The van der Waals surface area contributed by atoms with Crippen molar-refractivity contribution in [3.63, 3.8) is 0 Å². The normalized spacial score (nSPS) is 13.4. The Morgan fingerprint density at radius 1 is 1.15 bits per heavy atom. The lowest BCUT2D eigenvalue weighted by Gasteiger charge is -2.19. The number of rotatable bonds is 6. The summed E-state index contributed by atoms with van der Waals surface area (Å²) in [7, 11) is -5.06. The lowest BCUT2D eigenvalue weighted by molar-refractivity contribution is -0.197. The summed E-state index contributed by atoms with van der Waals surface area (Å²) in [5, 5.41) is 0. The monoisotopic (exact) mass is 668 g/mol. The van der Waals surface area contributed by atoms with E-state index in [2.05, 4.69) is 68.5 Å². The van der Waals surface area contributed by atoms with Gasteiger partial charge in [0.1, 0.15) is 5.75 Å². The van der Waals surface area contributed by atoms with Gasteiger partial charge in [-0.05, 0) is 44.0 Å². The number of hydrogen-bond donors (Lipinski definition) is 1. The van der Waals surface area contributed by atoms with Crippen molar-refractivity contribution in [2.75, 3.05) is 5.75 Å². The number of carbonyl (C=O) groups excluding carboxylic acids is 2. The summed E-state index contributed by atoms with van der Waals surface area (Å²) in [6.45, 7) is 0. The van der Waals surface area contributed by atoms with Gasteiger partial charge in [0.15, 0.2) is 9.49 Å². The van der Waals surface area contributed by atoms with Crippen LogP contribution in [0.5, 0.6) is 5.75 Å². The minimum absolute atomic E-state index is 0.0242. The maximum Gasteiger partial charge on any atom is 0.426 e. The lowest BCUT2D eigenvalue weighted by atomic mass is 10.2. The fraction of sp³-hybridized carbons (Fsp3) is 0.333. The Balaban J connectivity index is 3.11. The second kappa shape index (κ2) is 9.52. The molecule has 1 aromatic carbocycles. The number of carbonyl (C=O) groups is 2. The molecule has 1 unspecified atom stereocenters. The molecular weight excluding hydrogens is 665 g/mol. The third-order valence-corrected chi connectivity index (χ3v) is 5.24. The Bertz CT molecular complexity index is 819. The molecule has 7 nitrogen and oxygen atoms in total. The van der Waals surface area contributed by atoms with Crippen molar-refractivity contribution in [1.29, 1.82) is 0 Å². The minimum atomic E-state index is -5.23. The topological polar surface area (TPSA) is 107 Å². The van der Waals surface area contributed by atoms with Gasteiger partial charge in [-0.15, -0.1) is 0 Å². The van der Waals surface area contributed by atoms with Crippen LogP contribution in [0.2, 0.25) is 0 Å². The van der Waals surface area contributed by atoms with Crippen LogP contribution < -0.4 is 4.74 Å². The van der Waals surface area contributed by atoms with Crippen LogP contribution in [0.1, 0.15) is 10.4 Å². The SMILES string of the molecule is O=C(OC(CS(=O)(=O)O)C(F)(F)F)c1cc(Br)c(OC(=O)C(Br)Br)c(Br)c1. The number of alkyl halides is 5. The van der Waals surface area contributed by atoms with Gasteiger partial charge in [-0.1, -0.05) is 31.9 Å². The van der Waals surface area contributed by atoms with Gasteiger partial charge in [0.2, 0.25) is 6.10 Å². The molecule has 1 N–H and O–H groups in total. The summed E-state index contributed by atoms with van der Waals surface area (Å²) in [4.78, 5) is 23.5. The molecule has 0 saturated heterocycles. The van der Waals surface area contributed by atoms with Crippen molar-refractivity contribution in [1.82, 2.24) is 0 Å². The molecule has 1 aromatic rings. The third kappa shape index (κ3) is 7.97. The van der Waals surface area contributed by atoms with Crippen LogP contribution in [-0.4, -0.2) is 46.7 Å². The van der Waals surface area contributed by atoms with Crippen LogP contribution in [0.15, 0.2) is 21.1 Å². The quantitative estimate of drug-likeness (QED) is 0.209. The van der Waals surface area contributed by atoms with Crippen LogP contribution >= 0.6 is 63.7 Å². The fourth-order valence-electron chi connectivity index (χ4n) is 1.50. The van der Waals surface area contributed by atoms with Gasteiger partial charge in [0.05, 0.1) is 14.5 Å². The average molecular weight is 672 g/mol. The Labute approximate surface area is 184 Å². The zero-order valence-electron chi connectivity index (χ0n) is 12.5. The zero-order chi connectivity index (χ0) is 21.2. The maximum atomic E-state index is 12.8. The van der Waals surface area contributed by atoms with Gasteiger partial charge in [0.25, 0.3) is 10.1 Å². The molecular formula is C12H7Br4F3O7S. The van der Waals surface area contributed by atoms with Crippen LogP contribution in [0.3, 0.4) is 0 Å². The van der Waals surface area contributed by atoms with Gasteiger partial charge in [-0.25, -0.2) is 9.59 Å². The zero-order valence-corrected chi connectivity index (χ0v) is 19.6. The molecule has 15 heteroatoms. The van der Waals surface area contributed by atoms with Crippen LogP contribution in [0.25, 0.3) is 0 Å². The van der Waals surface area contributed by atoms with E-state index in [1.54, 1.807) is 0 Å². The molecule has 0 saturated carbocycles. The summed E-state index contributed by atoms with van der Waals surface area (Å²) in [6, 6.07) is 2.02. The van der Waals surface area contributed by atoms with Crippen LogP contribution in [0.4, 0.5) is 13.2 Å². The maximum absolute atomic E-state index is 12.8. The van der Waals surface area contributed by atoms with E-state index in [0.717, 1.165) is 12.1 Å². The smallest absolute Gasteiger partial charge is 0.426 e. The molecule has 0 amide bonds. The Hall–Kier alpha value is -0.220. The van der Waals surface area contributed by atoms with E-state index in [1.807, 2.05) is 0 Å². The average Bonchev–Trinajstić information content (AvgIpc) is 2.47. The van der Waals surface area contributed by atoms with Crippen molar-refractivity contribution in [3.8, 4) is 5.75 Å². The first-order valence-corrected chi connectivity index (χ1v) is 11.4. The fourth-order valence-corrected chi connectivity index (χ4v) is 3.68. The second-order valence-corrected chi connectivity index (χ2v) is 10.9. The minimum Gasteiger partial charge on any atom is -0.448 e. The Morgan fingerprint density at radius 2 is 1.63 bits per heavy atom. The molecule has 0 fully saturated rings. The standard InChI is InChI=1S/C12H7Br4F3O7S/c13-5-1-4(2-6(14)8(5)26-11(21)9(15)16)10(20)25-7(12(17,18)19)3-27(22,23)24/h1-2,7,9H,3H2,(H,22,23,24).